The molecule has 5 rings (SSSR count). The number of rotatable bonds is 3. The number of nitrogens with two attached hydrogens (primary N) is 1. The Morgan fingerprint density at radius 3 is 2.33 bits per heavy atom. The van der Waals surface area contributed by atoms with E-state index in [0.717, 1.165) is 0 Å². The highest BCUT2D eigenvalue weighted by atomic mass is 19.2. The molecule has 5 fully saturated rings. The Morgan fingerprint density at radius 2 is 1.79 bits per heavy atom. The highest BCUT2D eigenvalue weighted by Gasteiger charge is 2.67. The lowest BCUT2D eigenvalue weighted by Gasteiger charge is -2.62. The van der Waals surface area contributed by atoms with Crippen LogP contribution in [0.4, 0.5) is 8.78 Å². The van der Waals surface area contributed by atoms with Crippen molar-refractivity contribution in [2.75, 3.05) is 6.54 Å². The third-order valence-electron chi connectivity index (χ3n) is 6.83. The molecule has 134 valence electrons. The molecule has 1 amide bonds. The van der Waals surface area contributed by atoms with Crippen molar-refractivity contribution in [1.82, 2.24) is 4.90 Å². The van der Waals surface area contributed by atoms with E-state index in [4.69, 9.17) is 5.73 Å². The van der Waals surface area contributed by atoms with Crippen molar-refractivity contribution in [3.63, 3.8) is 0 Å². The van der Waals surface area contributed by atoms with Crippen LogP contribution in [0.3, 0.4) is 0 Å². The van der Waals surface area contributed by atoms with Gasteiger partial charge in [-0.05, 0) is 50.9 Å². The van der Waals surface area contributed by atoms with Gasteiger partial charge in [0, 0.05) is 18.4 Å². The molecular formula is C16H25BF2N2O3. The molecule has 5 nitrogen and oxygen atoms in total. The van der Waals surface area contributed by atoms with E-state index >= 15 is 8.78 Å². The van der Waals surface area contributed by atoms with Gasteiger partial charge >= 0.3 is 7.12 Å². The number of carbonyl (C=O) groups excluding carboxylic acids is 1. The summed E-state index contributed by atoms with van der Waals surface area (Å²) >= 11 is 0. The highest BCUT2D eigenvalue weighted by molar-refractivity contribution is 6.43. The average Bonchev–Trinajstić information content (AvgIpc) is 2.91. The second-order valence-corrected chi connectivity index (χ2v) is 8.81. The molecule has 1 aliphatic heterocycles. The molecule has 4 aliphatic carbocycles. The van der Waals surface area contributed by atoms with Crippen LogP contribution in [0.15, 0.2) is 0 Å². The first-order valence-electron chi connectivity index (χ1n) is 8.96. The van der Waals surface area contributed by atoms with Crippen LogP contribution < -0.4 is 5.73 Å². The molecule has 4 atom stereocenters. The van der Waals surface area contributed by atoms with Gasteiger partial charge in [-0.2, -0.15) is 0 Å². The fourth-order valence-electron chi connectivity index (χ4n) is 6.44. The summed E-state index contributed by atoms with van der Waals surface area (Å²) in [5.74, 6) is -1.11. The minimum absolute atomic E-state index is 0.0482. The van der Waals surface area contributed by atoms with Crippen LogP contribution >= 0.6 is 0 Å². The Kier molecular flexibility index (Phi) is 3.58. The van der Waals surface area contributed by atoms with Gasteiger partial charge in [-0.1, -0.05) is 0 Å². The lowest BCUT2D eigenvalue weighted by Crippen LogP contribution is -2.67. The summed E-state index contributed by atoms with van der Waals surface area (Å²) in [5.41, 5.74) is 2.35. The van der Waals surface area contributed by atoms with Gasteiger partial charge in [0.15, 0.2) is 0 Å². The summed E-state index contributed by atoms with van der Waals surface area (Å²) < 4.78 is 30.2. The second kappa shape index (κ2) is 5.14. The van der Waals surface area contributed by atoms with E-state index in [2.05, 4.69) is 0 Å². The lowest BCUT2D eigenvalue weighted by molar-refractivity contribution is -0.186. The maximum Gasteiger partial charge on any atom is 0.475 e. The lowest BCUT2D eigenvalue weighted by atomic mass is 9.45. The Balaban J connectivity index is 1.60. The van der Waals surface area contributed by atoms with Gasteiger partial charge in [0.2, 0.25) is 5.91 Å². The van der Waals surface area contributed by atoms with Crippen LogP contribution in [-0.2, 0) is 4.79 Å². The van der Waals surface area contributed by atoms with Crippen molar-refractivity contribution in [2.24, 2.45) is 17.1 Å². The Labute approximate surface area is 140 Å². The maximum absolute atomic E-state index is 15.1. The van der Waals surface area contributed by atoms with Gasteiger partial charge < -0.3 is 20.7 Å². The fraction of sp³-hybridized carbons (Fsp3) is 0.938. The molecule has 4 saturated carbocycles. The minimum Gasteiger partial charge on any atom is -0.426 e. The Morgan fingerprint density at radius 1 is 1.17 bits per heavy atom. The maximum atomic E-state index is 15.1. The topological polar surface area (TPSA) is 86.8 Å². The zero-order valence-corrected chi connectivity index (χ0v) is 13.8. The van der Waals surface area contributed by atoms with Crippen molar-refractivity contribution >= 4 is 13.0 Å². The normalized spacial score (nSPS) is 48.0. The quantitative estimate of drug-likeness (QED) is 0.660. The molecule has 0 spiro atoms. The Bertz CT molecular complexity index is 545. The number of hydrogen-bond donors (Lipinski definition) is 3. The zero-order valence-electron chi connectivity index (χ0n) is 13.8. The summed E-state index contributed by atoms with van der Waals surface area (Å²) in [5, 5.41) is 18.9. The predicted molar refractivity (Wildman–Crippen MR) is 84.2 cm³/mol. The van der Waals surface area contributed by atoms with Crippen molar-refractivity contribution in [3.8, 4) is 0 Å². The molecule has 0 aromatic heterocycles. The van der Waals surface area contributed by atoms with E-state index in [9.17, 15) is 14.8 Å². The summed E-state index contributed by atoms with van der Waals surface area (Å²) in [6, 6.07) is -0.981. The highest BCUT2D eigenvalue weighted by Crippen LogP contribution is 2.66. The summed E-state index contributed by atoms with van der Waals surface area (Å²) in [6.45, 7) is 0.413. The van der Waals surface area contributed by atoms with Gasteiger partial charge in [-0.3, -0.25) is 4.79 Å². The third-order valence-corrected chi connectivity index (χ3v) is 6.83. The number of nitrogens with zero attached hydrogens (tertiary/aromatic N) is 1. The molecule has 8 heteroatoms. The van der Waals surface area contributed by atoms with Crippen molar-refractivity contribution < 1.29 is 23.6 Å². The van der Waals surface area contributed by atoms with Crippen LogP contribution in [0.1, 0.15) is 51.4 Å². The molecule has 4 N–H and O–H groups in total. The van der Waals surface area contributed by atoms with Crippen LogP contribution in [0.5, 0.6) is 0 Å². The van der Waals surface area contributed by atoms with Crippen LogP contribution in [0.25, 0.3) is 0 Å². The van der Waals surface area contributed by atoms with Crippen LogP contribution in [0, 0.1) is 11.3 Å². The predicted octanol–water partition coefficient (Wildman–Crippen LogP) is 0.717. The number of likely N-dealkylation sites (tertiary alicyclic amines) is 1. The number of hydrogen-bond acceptors (Lipinski definition) is 4. The number of carbonyl (C=O) groups is 1. The number of amides is 1. The molecule has 5 aliphatic rings. The van der Waals surface area contributed by atoms with Gasteiger partial charge in [0.25, 0.3) is 0 Å². The zero-order chi connectivity index (χ0) is 17.3. The molecular weight excluding hydrogens is 317 g/mol. The summed E-state index contributed by atoms with van der Waals surface area (Å²) in [4.78, 5) is 14.3. The molecule has 24 heavy (non-hydrogen) atoms. The number of halogens is 2. The van der Waals surface area contributed by atoms with E-state index in [0.29, 0.717) is 38.6 Å². The van der Waals surface area contributed by atoms with Gasteiger partial charge in [-0.15, -0.1) is 0 Å². The molecule has 4 bridgehead atoms. The van der Waals surface area contributed by atoms with E-state index in [1.807, 2.05) is 0 Å². The molecule has 0 radical (unpaired) electrons. The molecule has 1 saturated heterocycles. The van der Waals surface area contributed by atoms with Gasteiger partial charge in [0.1, 0.15) is 11.3 Å². The number of alkyl halides is 2. The van der Waals surface area contributed by atoms with Crippen molar-refractivity contribution in [3.05, 3.63) is 0 Å². The average molecular weight is 342 g/mol. The first-order chi connectivity index (χ1) is 11.2. The fourth-order valence-corrected chi connectivity index (χ4v) is 6.44. The van der Waals surface area contributed by atoms with Gasteiger partial charge in [0.05, 0.1) is 12.0 Å². The van der Waals surface area contributed by atoms with Gasteiger partial charge in [-0.25, -0.2) is 8.78 Å². The van der Waals surface area contributed by atoms with E-state index in [1.54, 1.807) is 0 Å². The molecule has 0 aromatic carbocycles. The Hall–Kier alpha value is -0.725. The standard InChI is InChI=1S/C16H25BF2N2O3/c18-15-5-10-4-14(7-15,8-16(19,6-10)9-15)12(20)13(22)21-3-1-2-11(21)17(23)24/h10-12,23-24H,1-9,20H2/t10?,11-,12+,14?,15?,16?/m0/s1. The molecule has 2 unspecified atom stereocenters. The smallest absolute Gasteiger partial charge is 0.426 e. The molecule has 0 aromatic rings. The second-order valence-electron chi connectivity index (χ2n) is 8.81. The van der Waals surface area contributed by atoms with E-state index < -0.39 is 35.9 Å². The van der Waals surface area contributed by atoms with E-state index in [-0.39, 0.29) is 31.1 Å². The monoisotopic (exact) mass is 342 g/mol. The molecule has 1 heterocycles. The van der Waals surface area contributed by atoms with Crippen LogP contribution in [-0.4, -0.2) is 57.8 Å². The van der Waals surface area contributed by atoms with Crippen molar-refractivity contribution in [1.29, 1.82) is 0 Å². The third kappa shape index (κ3) is 2.41. The first kappa shape index (κ1) is 16.7. The summed E-state index contributed by atoms with van der Waals surface area (Å²) in [6.07, 6.45) is 2.76. The van der Waals surface area contributed by atoms with Crippen molar-refractivity contribution in [2.45, 2.75) is 74.7 Å². The van der Waals surface area contributed by atoms with Crippen LogP contribution in [0.2, 0.25) is 0 Å². The summed E-state index contributed by atoms with van der Waals surface area (Å²) in [7, 11) is -1.61. The minimum atomic E-state index is -1.61. The first-order valence-corrected chi connectivity index (χ1v) is 8.96. The van der Waals surface area contributed by atoms with E-state index in [1.165, 1.54) is 4.90 Å². The largest absolute Gasteiger partial charge is 0.475 e. The SMILES string of the molecule is N[C@H](C(=O)N1CCC[C@H]1B(O)O)C12CC3CC(F)(CC(F)(C3)C1)C2.